The van der Waals surface area contributed by atoms with E-state index in [1.165, 1.54) is 24.1 Å². The van der Waals surface area contributed by atoms with Gasteiger partial charge in [0.05, 0.1) is 0 Å². The largest absolute Gasteiger partial charge is 0.396 e. The van der Waals surface area contributed by atoms with Crippen molar-refractivity contribution in [3.8, 4) is 0 Å². The summed E-state index contributed by atoms with van der Waals surface area (Å²) in [5.41, 5.74) is 3.55. The van der Waals surface area contributed by atoms with E-state index in [0.29, 0.717) is 25.0 Å². The molecule has 1 saturated carbocycles. The highest BCUT2D eigenvalue weighted by Crippen LogP contribution is 2.35. The molecule has 1 aromatic carbocycles. The van der Waals surface area contributed by atoms with E-state index in [0.717, 1.165) is 31.5 Å². The Morgan fingerprint density at radius 2 is 1.88 bits per heavy atom. The van der Waals surface area contributed by atoms with E-state index < -0.39 is 0 Å². The second-order valence-electron chi connectivity index (χ2n) is 7.16. The van der Waals surface area contributed by atoms with E-state index >= 15 is 0 Å². The average molecular weight is 328 g/mol. The highest BCUT2D eigenvalue weighted by molar-refractivity contribution is 5.88. The lowest BCUT2D eigenvalue weighted by Gasteiger charge is -2.33. The number of carbonyl (C=O) groups is 1. The number of allylic oxidation sites excluding steroid dienone is 1. The molecule has 1 amide bonds. The second kappa shape index (κ2) is 7.84. The molecule has 1 heterocycles. The summed E-state index contributed by atoms with van der Waals surface area (Å²) < 4.78 is 0. The number of aliphatic hydroxyl groups excluding tert-OH is 1. The molecule has 1 aromatic rings. The maximum absolute atomic E-state index is 11.9. The van der Waals surface area contributed by atoms with Crippen LogP contribution in [-0.4, -0.2) is 30.7 Å². The minimum Gasteiger partial charge on any atom is -0.396 e. The van der Waals surface area contributed by atoms with E-state index in [1.54, 1.807) is 6.08 Å². The third-order valence-electron chi connectivity index (χ3n) is 5.22. The van der Waals surface area contributed by atoms with Crippen molar-refractivity contribution in [2.45, 2.75) is 39.2 Å². The summed E-state index contributed by atoms with van der Waals surface area (Å²) in [5.74, 6) is 1.11. The Hall–Kier alpha value is -1.81. The van der Waals surface area contributed by atoms with E-state index in [-0.39, 0.29) is 5.91 Å². The van der Waals surface area contributed by atoms with Gasteiger partial charge in [-0.05, 0) is 62.1 Å². The molecular formula is C20H28N2O2. The topological polar surface area (TPSA) is 52.6 Å². The number of hydrogen-bond acceptors (Lipinski definition) is 3. The molecule has 2 N–H and O–H groups in total. The van der Waals surface area contributed by atoms with Gasteiger partial charge in [-0.15, -0.1) is 0 Å². The smallest absolute Gasteiger partial charge is 0.244 e. The molecule has 0 atom stereocenters. The van der Waals surface area contributed by atoms with Crippen molar-refractivity contribution in [3.05, 3.63) is 41.5 Å². The third kappa shape index (κ3) is 4.60. The number of amides is 1. The van der Waals surface area contributed by atoms with Crippen LogP contribution in [0.1, 0.15) is 38.2 Å². The Morgan fingerprint density at radius 3 is 2.46 bits per heavy atom. The molecule has 0 spiro atoms. The van der Waals surface area contributed by atoms with Gasteiger partial charge in [-0.25, -0.2) is 0 Å². The van der Waals surface area contributed by atoms with Crippen molar-refractivity contribution >= 4 is 11.6 Å². The Morgan fingerprint density at radius 1 is 1.21 bits per heavy atom. The van der Waals surface area contributed by atoms with Crippen molar-refractivity contribution in [1.82, 2.24) is 5.32 Å². The molecule has 2 fully saturated rings. The van der Waals surface area contributed by atoms with Crippen LogP contribution >= 0.6 is 0 Å². The van der Waals surface area contributed by atoms with Crippen LogP contribution in [0.3, 0.4) is 0 Å². The highest BCUT2D eigenvalue weighted by atomic mass is 16.3. The van der Waals surface area contributed by atoms with Crippen LogP contribution in [-0.2, 0) is 11.3 Å². The van der Waals surface area contributed by atoms with Crippen molar-refractivity contribution in [3.63, 3.8) is 0 Å². The number of nitrogens with zero attached hydrogens (tertiary/aromatic N) is 1. The number of hydrogen-bond donors (Lipinski definition) is 2. The molecule has 0 bridgehead atoms. The quantitative estimate of drug-likeness (QED) is 0.790. The normalized spacial score (nSPS) is 19.4. The Kier molecular flexibility index (Phi) is 5.56. The molecule has 3 rings (SSSR count). The zero-order valence-electron chi connectivity index (χ0n) is 14.5. The number of benzene rings is 1. The van der Waals surface area contributed by atoms with Crippen LogP contribution in [0.5, 0.6) is 0 Å². The molecule has 4 heteroatoms. The Labute approximate surface area is 144 Å². The van der Waals surface area contributed by atoms with Gasteiger partial charge in [0, 0.05) is 38.0 Å². The number of piperidine rings is 1. The molecule has 1 saturated heterocycles. The predicted molar refractivity (Wildman–Crippen MR) is 96.8 cm³/mol. The summed E-state index contributed by atoms with van der Waals surface area (Å²) in [6.45, 7) is 4.94. The molecule has 0 unspecified atom stereocenters. The fourth-order valence-electron chi connectivity index (χ4n) is 3.30. The molecule has 1 aliphatic carbocycles. The molecule has 2 aliphatic rings. The number of aliphatic hydroxyl groups is 1. The van der Waals surface area contributed by atoms with Crippen molar-refractivity contribution in [2.75, 3.05) is 24.6 Å². The van der Waals surface area contributed by atoms with E-state index in [1.807, 2.05) is 6.92 Å². The van der Waals surface area contributed by atoms with E-state index in [4.69, 9.17) is 0 Å². The van der Waals surface area contributed by atoms with Crippen LogP contribution < -0.4 is 10.2 Å². The highest BCUT2D eigenvalue weighted by Gasteiger charge is 2.23. The maximum Gasteiger partial charge on any atom is 0.244 e. The lowest BCUT2D eigenvalue weighted by atomic mass is 9.97. The van der Waals surface area contributed by atoms with Gasteiger partial charge in [-0.2, -0.15) is 0 Å². The zero-order valence-corrected chi connectivity index (χ0v) is 14.5. The first-order valence-corrected chi connectivity index (χ1v) is 9.06. The fraction of sp³-hybridized carbons (Fsp3) is 0.550. The van der Waals surface area contributed by atoms with E-state index in [9.17, 15) is 9.90 Å². The molecule has 130 valence electrons. The molecular weight excluding hydrogens is 300 g/mol. The van der Waals surface area contributed by atoms with Gasteiger partial charge in [-0.1, -0.05) is 17.7 Å². The van der Waals surface area contributed by atoms with Gasteiger partial charge in [0.2, 0.25) is 5.91 Å². The average Bonchev–Trinajstić information content (AvgIpc) is 3.46. The lowest BCUT2D eigenvalue weighted by Crippen LogP contribution is -2.34. The Balaban J connectivity index is 1.48. The molecule has 4 nitrogen and oxygen atoms in total. The Bertz CT molecular complexity index is 582. The summed E-state index contributed by atoms with van der Waals surface area (Å²) >= 11 is 0. The number of carbonyl (C=O) groups excluding carboxylic acids is 1. The first-order chi connectivity index (χ1) is 11.7. The van der Waals surface area contributed by atoms with Crippen LogP contribution in [0, 0.1) is 11.8 Å². The van der Waals surface area contributed by atoms with Crippen LogP contribution in [0.2, 0.25) is 0 Å². The van der Waals surface area contributed by atoms with Gasteiger partial charge >= 0.3 is 0 Å². The standard InChI is InChI=1S/C20H28N2O2/c1-15(18-4-5-18)12-20(24)21-13-16-2-6-19(7-3-16)22-10-8-17(14-23)9-11-22/h2-3,6-7,12,17-18,23H,4-5,8-11,13-14H2,1H3,(H,21,24)/b15-12-. The first-order valence-electron chi connectivity index (χ1n) is 9.06. The second-order valence-corrected chi connectivity index (χ2v) is 7.16. The summed E-state index contributed by atoms with van der Waals surface area (Å²) in [5, 5.41) is 12.2. The minimum absolute atomic E-state index is 0.00884. The van der Waals surface area contributed by atoms with Crippen molar-refractivity contribution in [2.24, 2.45) is 11.8 Å². The lowest BCUT2D eigenvalue weighted by molar-refractivity contribution is -0.116. The van der Waals surface area contributed by atoms with Crippen LogP contribution in [0.4, 0.5) is 5.69 Å². The number of rotatable bonds is 6. The van der Waals surface area contributed by atoms with Gasteiger partial charge in [-0.3, -0.25) is 4.79 Å². The van der Waals surface area contributed by atoms with Gasteiger partial charge in [0.15, 0.2) is 0 Å². The molecule has 1 aliphatic heterocycles. The summed E-state index contributed by atoms with van der Waals surface area (Å²) in [7, 11) is 0. The number of nitrogens with one attached hydrogen (secondary N) is 1. The van der Waals surface area contributed by atoms with Gasteiger partial charge in [0.25, 0.3) is 0 Å². The monoisotopic (exact) mass is 328 g/mol. The van der Waals surface area contributed by atoms with Gasteiger partial charge < -0.3 is 15.3 Å². The molecule has 0 radical (unpaired) electrons. The third-order valence-corrected chi connectivity index (χ3v) is 5.22. The zero-order chi connectivity index (χ0) is 16.9. The van der Waals surface area contributed by atoms with E-state index in [2.05, 4.69) is 34.5 Å². The first kappa shape index (κ1) is 17.0. The molecule has 0 aromatic heterocycles. The summed E-state index contributed by atoms with van der Waals surface area (Å²) in [4.78, 5) is 14.3. The number of anilines is 1. The summed E-state index contributed by atoms with van der Waals surface area (Å²) in [6, 6.07) is 8.44. The fourth-order valence-corrected chi connectivity index (χ4v) is 3.30. The van der Waals surface area contributed by atoms with Crippen molar-refractivity contribution < 1.29 is 9.90 Å². The van der Waals surface area contributed by atoms with Crippen LogP contribution in [0.25, 0.3) is 0 Å². The van der Waals surface area contributed by atoms with Gasteiger partial charge in [0.1, 0.15) is 0 Å². The summed E-state index contributed by atoms with van der Waals surface area (Å²) in [6.07, 6.45) is 6.32. The predicted octanol–water partition coefficient (Wildman–Crippen LogP) is 2.87. The maximum atomic E-state index is 11.9. The van der Waals surface area contributed by atoms with Crippen molar-refractivity contribution in [1.29, 1.82) is 0 Å². The SMILES string of the molecule is C/C(=C/C(=O)NCc1ccc(N2CCC(CO)CC2)cc1)C1CC1. The van der Waals surface area contributed by atoms with Crippen LogP contribution in [0.15, 0.2) is 35.9 Å². The molecule has 24 heavy (non-hydrogen) atoms. The minimum atomic E-state index is 0.00884.